The van der Waals surface area contributed by atoms with Crippen LogP contribution in [0.2, 0.25) is 0 Å². The molecule has 3 aliphatic heterocycles. The lowest BCUT2D eigenvalue weighted by Gasteiger charge is -2.42. The van der Waals surface area contributed by atoms with Gasteiger partial charge in [-0.15, -0.1) is 0 Å². The molecule has 3 aliphatic rings. The van der Waals surface area contributed by atoms with Gasteiger partial charge in [0.05, 0.1) is 19.3 Å². The van der Waals surface area contributed by atoms with Crippen molar-refractivity contribution in [2.75, 3.05) is 37.7 Å². The topological polar surface area (TPSA) is 58.6 Å². The Labute approximate surface area is 143 Å². The van der Waals surface area contributed by atoms with Crippen LogP contribution in [0.15, 0.2) is 6.07 Å². The molecule has 3 saturated heterocycles. The smallest absolute Gasteiger partial charge is 0.225 e. The van der Waals surface area contributed by atoms with E-state index in [1.54, 1.807) is 6.92 Å². The molecule has 0 unspecified atom stereocenters. The molecule has 1 spiro atoms. The average molecular weight is 330 g/mol. The maximum absolute atomic E-state index is 12.0. The standard InChI is InChI=1S/C18H26N4O2/c1-12-8-13(2)20-17(19-12)21-6-4-18(5-7-21)11-22(14(3)23)16-10-24-9-15(16)18/h8,15-16H,4-7,9-11H2,1-3H3/t15-,16+/m0/s1. The Hall–Kier alpha value is -1.69. The minimum atomic E-state index is 0.187. The van der Waals surface area contributed by atoms with Crippen LogP contribution in [-0.2, 0) is 9.53 Å². The molecule has 4 heterocycles. The van der Waals surface area contributed by atoms with Gasteiger partial charge in [0, 0.05) is 43.9 Å². The fourth-order valence-electron chi connectivity index (χ4n) is 4.88. The number of hydrogen-bond acceptors (Lipinski definition) is 5. The van der Waals surface area contributed by atoms with E-state index in [0.717, 1.165) is 56.4 Å². The van der Waals surface area contributed by atoms with Gasteiger partial charge < -0.3 is 14.5 Å². The summed E-state index contributed by atoms with van der Waals surface area (Å²) in [6.07, 6.45) is 2.16. The summed E-state index contributed by atoms with van der Waals surface area (Å²) in [7, 11) is 0. The predicted octanol–water partition coefficient (Wildman–Crippen LogP) is 1.56. The molecule has 4 rings (SSSR count). The number of fused-ring (bicyclic) bond motifs is 2. The molecule has 6 nitrogen and oxygen atoms in total. The van der Waals surface area contributed by atoms with Gasteiger partial charge in [0.25, 0.3) is 0 Å². The number of hydrogen-bond donors (Lipinski definition) is 0. The van der Waals surface area contributed by atoms with Crippen molar-refractivity contribution in [2.24, 2.45) is 11.3 Å². The van der Waals surface area contributed by atoms with Crippen LogP contribution in [0.3, 0.4) is 0 Å². The van der Waals surface area contributed by atoms with E-state index in [-0.39, 0.29) is 17.4 Å². The highest BCUT2D eigenvalue weighted by Gasteiger charge is 2.56. The summed E-state index contributed by atoms with van der Waals surface area (Å²) in [5.41, 5.74) is 2.25. The monoisotopic (exact) mass is 330 g/mol. The number of rotatable bonds is 1. The summed E-state index contributed by atoms with van der Waals surface area (Å²) in [6, 6.07) is 2.29. The molecule has 0 bridgehead atoms. The molecule has 1 amide bonds. The molecule has 6 heteroatoms. The maximum atomic E-state index is 12.0. The summed E-state index contributed by atoms with van der Waals surface area (Å²) in [6.45, 7) is 10.0. The highest BCUT2D eigenvalue weighted by molar-refractivity contribution is 5.74. The molecule has 0 aliphatic carbocycles. The second kappa shape index (κ2) is 5.69. The van der Waals surface area contributed by atoms with Gasteiger partial charge in [0.15, 0.2) is 0 Å². The zero-order valence-corrected chi connectivity index (χ0v) is 14.8. The Kier molecular flexibility index (Phi) is 3.75. The number of amides is 1. The molecular weight excluding hydrogens is 304 g/mol. The molecule has 3 fully saturated rings. The van der Waals surface area contributed by atoms with Crippen LogP contribution in [0, 0.1) is 25.2 Å². The summed E-state index contributed by atoms with van der Waals surface area (Å²) in [5.74, 6) is 1.53. The van der Waals surface area contributed by atoms with Gasteiger partial charge in [-0.2, -0.15) is 0 Å². The Balaban J connectivity index is 1.52. The second-order valence-corrected chi connectivity index (χ2v) is 7.66. The van der Waals surface area contributed by atoms with Gasteiger partial charge in [0.2, 0.25) is 11.9 Å². The summed E-state index contributed by atoms with van der Waals surface area (Å²) in [4.78, 5) is 25.6. The fraction of sp³-hybridized carbons (Fsp3) is 0.722. The normalized spacial score (nSPS) is 28.5. The van der Waals surface area contributed by atoms with E-state index in [2.05, 4.69) is 19.8 Å². The minimum Gasteiger partial charge on any atom is -0.379 e. The zero-order chi connectivity index (χ0) is 16.9. The average Bonchev–Trinajstić information content (AvgIpc) is 3.11. The Morgan fingerprint density at radius 2 is 1.88 bits per heavy atom. The molecule has 130 valence electrons. The first-order chi connectivity index (χ1) is 11.5. The lowest BCUT2D eigenvalue weighted by Crippen LogP contribution is -2.45. The molecule has 0 saturated carbocycles. The number of likely N-dealkylation sites (tertiary alicyclic amines) is 1. The van der Waals surface area contributed by atoms with Gasteiger partial charge in [-0.3, -0.25) is 4.79 Å². The first kappa shape index (κ1) is 15.8. The summed E-state index contributed by atoms with van der Waals surface area (Å²) < 4.78 is 5.73. The molecular formula is C18H26N4O2. The number of anilines is 1. The van der Waals surface area contributed by atoms with E-state index >= 15 is 0 Å². The maximum Gasteiger partial charge on any atom is 0.225 e. The third-order valence-electron chi connectivity index (χ3n) is 6.14. The number of aryl methyl sites for hydroxylation is 2. The van der Waals surface area contributed by atoms with E-state index in [0.29, 0.717) is 12.5 Å². The van der Waals surface area contributed by atoms with Crippen molar-refractivity contribution in [3.8, 4) is 0 Å². The fourth-order valence-corrected chi connectivity index (χ4v) is 4.88. The zero-order valence-electron chi connectivity index (χ0n) is 14.8. The number of nitrogens with zero attached hydrogens (tertiary/aromatic N) is 4. The predicted molar refractivity (Wildman–Crippen MR) is 90.9 cm³/mol. The van der Waals surface area contributed by atoms with Crippen molar-refractivity contribution in [1.29, 1.82) is 0 Å². The van der Waals surface area contributed by atoms with Crippen molar-refractivity contribution in [1.82, 2.24) is 14.9 Å². The summed E-state index contributed by atoms with van der Waals surface area (Å²) >= 11 is 0. The van der Waals surface area contributed by atoms with E-state index in [9.17, 15) is 4.79 Å². The van der Waals surface area contributed by atoms with Crippen LogP contribution in [0.25, 0.3) is 0 Å². The number of carbonyl (C=O) groups excluding carboxylic acids is 1. The molecule has 1 aromatic rings. The lowest BCUT2D eigenvalue weighted by atomic mass is 9.70. The Morgan fingerprint density at radius 3 is 2.50 bits per heavy atom. The number of carbonyl (C=O) groups is 1. The number of piperidine rings is 1. The van der Waals surface area contributed by atoms with Crippen LogP contribution in [-0.4, -0.2) is 59.7 Å². The first-order valence-electron chi connectivity index (χ1n) is 8.91. The van der Waals surface area contributed by atoms with E-state index in [4.69, 9.17) is 4.74 Å². The Bertz CT molecular complexity index is 634. The van der Waals surface area contributed by atoms with E-state index < -0.39 is 0 Å². The van der Waals surface area contributed by atoms with Crippen LogP contribution in [0.5, 0.6) is 0 Å². The van der Waals surface area contributed by atoms with Crippen molar-refractivity contribution >= 4 is 11.9 Å². The molecule has 1 aromatic heterocycles. The van der Waals surface area contributed by atoms with Gasteiger partial charge in [-0.05, 0) is 38.2 Å². The largest absolute Gasteiger partial charge is 0.379 e. The molecule has 0 aromatic carbocycles. The van der Waals surface area contributed by atoms with Gasteiger partial charge in [-0.1, -0.05) is 0 Å². The number of ether oxygens (including phenoxy) is 1. The highest BCUT2D eigenvalue weighted by Crippen LogP contribution is 2.50. The van der Waals surface area contributed by atoms with Crippen molar-refractivity contribution in [3.05, 3.63) is 17.5 Å². The van der Waals surface area contributed by atoms with E-state index in [1.165, 1.54) is 0 Å². The van der Waals surface area contributed by atoms with E-state index in [1.807, 2.05) is 19.9 Å². The van der Waals surface area contributed by atoms with Crippen molar-refractivity contribution < 1.29 is 9.53 Å². The SMILES string of the molecule is CC(=O)N1CC2(CCN(c3nc(C)cc(C)n3)CC2)[C@H]2COC[C@H]21. The van der Waals surface area contributed by atoms with Crippen LogP contribution < -0.4 is 4.90 Å². The van der Waals surface area contributed by atoms with Crippen LogP contribution in [0.1, 0.15) is 31.2 Å². The quantitative estimate of drug-likeness (QED) is 0.782. The lowest BCUT2D eigenvalue weighted by molar-refractivity contribution is -0.130. The van der Waals surface area contributed by atoms with Crippen molar-refractivity contribution in [2.45, 2.75) is 39.7 Å². The molecule has 0 N–H and O–H groups in total. The highest BCUT2D eigenvalue weighted by atomic mass is 16.5. The molecule has 24 heavy (non-hydrogen) atoms. The molecule has 2 atom stereocenters. The Morgan fingerprint density at radius 1 is 1.21 bits per heavy atom. The third kappa shape index (κ3) is 2.48. The third-order valence-corrected chi connectivity index (χ3v) is 6.14. The van der Waals surface area contributed by atoms with Crippen LogP contribution >= 0.6 is 0 Å². The molecule has 0 radical (unpaired) electrons. The first-order valence-corrected chi connectivity index (χ1v) is 8.91. The van der Waals surface area contributed by atoms with Gasteiger partial charge in [0.1, 0.15) is 0 Å². The van der Waals surface area contributed by atoms with Crippen LogP contribution in [0.4, 0.5) is 5.95 Å². The second-order valence-electron chi connectivity index (χ2n) is 7.66. The minimum absolute atomic E-state index is 0.187. The number of aromatic nitrogens is 2. The van der Waals surface area contributed by atoms with Crippen molar-refractivity contribution in [3.63, 3.8) is 0 Å². The summed E-state index contributed by atoms with van der Waals surface area (Å²) in [5, 5.41) is 0. The van der Waals surface area contributed by atoms with Gasteiger partial charge >= 0.3 is 0 Å². The van der Waals surface area contributed by atoms with Gasteiger partial charge in [-0.25, -0.2) is 9.97 Å².